The van der Waals surface area contributed by atoms with Gasteiger partial charge in [-0.15, -0.1) is 10.2 Å². The van der Waals surface area contributed by atoms with Crippen LogP contribution in [0, 0.1) is 11.7 Å². The fourth-order valence-corrected chi connectivity index (χ4v) is 3.69. The summed E-state index contributed by atoms with van der Waals surface area (Å²) in [5.74, 6) is -1.04. The lowest BCUT2D eigenvalue weighted by Gasteiger charge is -2.17. The third-order valence-electron chi connectivity index (χ3n) is 4.24. The second kappa shape index (κ2) is 5.94. The van der Waals surface area contributed by atoms with Crippen molar-refractivity contribution in [3.05, 3.63) is 35.1 Å². The zero-order chi connectivity index (χ0) is 16.7. The highest BCUT2D eigenvalue weighted by molar-refractivity contribution is 7.15. The molecule has 2 aliphatic rings. The van der Waals surface area contributed by atoms with Gasteiger partial charge in [0, 0.05) is 18.9 Å². The van der Waals surface area contributed by atoms with Crippen LogP contribution < -0.4 is 10.2 Å². The Labute approximate surface area is 141 Å². The van der Waals surface area contributed by atoms with Gasteiger partial charge < -0.3 is 10.2 Å². The topological polar surface area (TPSA) is 75.2 Å². The van der Waals surface area contributed by atoms with Crippen molar-refractivity contribution in [2.75, 3.05) is 16.8 Å². The van der Waals surface area contributed by atoms with Gasteiger partial charge in [0.15, 0.2) is 0 Å². The summed E-state index contributed by atoms with van der Waals surface area (Å²) in [6.07, 6.45) is 2.31. The van der Waals surface area contributed by atoms with E-state index in [1.54, 1.807) is 18.2 Å². The normalized spacial score (nSPS) is 20.5. The Balaban J connectivity index is 1.44. The maximum Gasteiger partial charge on any atom is 0.231 e. The van der Waals surface area contributed by atoms with Gasteiger partial charge in [-0.2, -0.15) is 0 Å². The molecule has 1 unspecified atom stereocenters. The molecule has 2 amide bonds. The van der Waals surface area contributed by atoms with E-state index in [4.69, 9.17) is 0 Å². The molecule has 1 saturated heterocycles. The zero-order valence-electron chi connectivity index (χ0n) is 12.7. The molecule has 24 heavy (non-hydrogen) atoms. The summed E-state index contributed by atoms with van der Waals surface area (Å²) in [5, 5.41) is 12.2. The van der Waals surface area contributed by atoms with Crippen molar-refractivity contribution >= 4 is 34.0 Å². The summed E-state index contributed by atoms with van der Waals surface area (Å²) in [6.45, 7) is 0.167. The van der Waals surface area contributed by atoms with E-state index in [1.165, 1.54) is 22.3 Å². The van der Waals surface area contributed by atoms with E-state index in [1.807, 2.05) is 0 Å². The Bertz CT molecular complexity index is 805. The smallest absolute Gasteiger partial charge is 0.231 e. The van der Waals surface area contributed by atoms with Crippen LogP contribution in [-0.2, 0) is 9.59 Å². The van der Waals surface area contributed by atoms with Crippen LogP contribution >= 0.6 is 11.3 Å². The minimum absolute atomic E-state index is 0.0639. The maximum absolute atomic E-state index is 13.9. The third-order valence-corrected chi connectivity index (χ3v) is 5.24. The van der Waals surface area contributed by atoms with Crippen molar-refractivity contribution < 1.29 is 14.0 Å². The predicted octanol–water partition coefficient (Wildman–Crippen LogP) is 2.55. The Kier molecular flexibility index (Phi) is 3.76. The summed E-state index contributed by atoms with van der Waals surface area (Å²) in [7, 11) is 0. The molecule has 1 aromatic carbocycles. The average Bonchev–Trinajstić information content (AvgIpc) is 3.19. The number of para-hydroxylation sites is 1. The van der Waals surface area contributed by atoms with Gasteiger partial charge in [-0.25, -0.2) is 4.39 Å². The standard InChI is InChI=1S/C16H15FN4O2S/c17-11-3-1-2-4-12(11)21-8-10(7-13(21)22)14(23)18-16-20-19-15(24-16)9-5-6-9/h1-4,9-10H,5-8H2,(H,18,20,23). The van der Waals surface area contributed by atoms with Gasteiger partial charge >= 0.3 is 0 Å². The molecule has 1 saturated carbocycles. The van der Waals surface area contributed by atoms with Gasteiger partial charge in [0.2, 0.25) is 16.9 Å². The first-order chi connectivity index (χ1) is 11.6. The number of hydrogen-bond acceptors (Lipinski definition) is 5. The fraction of sp³-hybridized carbons (Fsp3) is 0.375. The van der Waals surface area contributed by atoms with E-state index in [-0.39, 0.29) is 30.5 Å². The van der Waals surface area contributed by atoms with E-state index in [0.717, 1.165) is 17.8 Å². The first-order valence-electron chi connectivity index (χ1n) is 7.81. The number of anilines is 2. The number of rotatable bonds is 4. The number of carbonyl (C=O) groups is 2. The SMILES string of the molecule is O=C(Nc1nnc(C2CC2)s1)C1CC(=O)N(c2ccccc2F)C1. The molecule has 0 bridgehead atoms. The number of amides is 2. The summed E-state index contributed by atoms with van der Waals surface area (Å²) in [4.78, 5) is 25.9. The monoisotopic (exact) mass is 346 g/mol. The lowest BCUT2D eigenvalue weighted by atomic mass is 10.1. The lowest BCUT2D eigenvalue weighted by Crippen LogP contribution is -2.28. The minimum atomic E-state index is -0.523. The summed E-state index contributed by atoms with van der Waals surface area (Å²) >= 11 is 1.38. The number of nitrogens with zero attached hydrogens (tertiary/aromatic N) is 3. The number of halogens is 1. The van der Waals surface area contributed by atoms with Crippen LogP contribution in [0.1, 0.15) is 30.2 Å². The molecule has 1 aliphatic heterocycles. The van der Waals surface area contributed by atoms with Crippen molar-refractivity contribution in [3.8, 4) is 0 Å². The maximum atomic E-state index is 13.9. The molecule has 1 aliphatic carbocycles. The van der Waals surface area contributed by atoms with Crippen LogP contribution in [0.2, 0.25) is 0 Å². The van der Waals surface area contributed by atoms with Crippen LogP contribution in [0.5, 0.6) is 0 Å². The van der Waals surface area contributed by atoms with Crippen LogP contribution in [0.15, 0.2) is 24.3 Å². The van der Waals surface area contributed by atoms with Gasteiger partial charge in [0.05, 0.1) is 11.6 Å². The van der Waals surface area contributed by atoms with Crippen molar-refractivity contribution in [2.24, 2.45) is 5.92 Å². The quantitative estimate of drug-likeness (QED) is 0.923. The number of benzene rings is 1. The van der Waals surface area contributed by atoms with Crippen LogP contribution in [0.25, 0.3) is 0 Å². The Morgan fingerprint density at radius 2 is 2.08 bits per heavy atom. The third kappa shape index (κ3) is 2.89. The zero-order valence-corrected chi connectivity index (χ0v) is 13.6. The number of hydrogen-bond donors (Lipinski definition) is 1. The van der Waals surface area contributed by atoms with Gasteiger partial charge in [0.25, 0.3) is 0 Å². The van der Waals surface area contributed by atoms with Gasteiger partial charge in [-0.1, -0.05) is 23.5 Å². The molecule has 2 fully saturated rings. The van der Waals surface area contributed by atoms with Crippen molar-refractivity contribution in [2.45, 2.75) is 25.2 Å². The molecule has 2 aromatic rings. The highest BCUT2D eigenvalue weighted by atomic mass is 32.1. The molecule has 1 N–H and O–H groups in total. The Hall–Kier alpha value is -2.35. The molecule has 8 heteroatoms. The first-order valence-corrected chi connectivity index (χ1v) is 8.62. The van der Waals surface area contributed by atoms with Gasteiger partial charge in [-0.3, -0.25) is 9.59 Å². The molecule has 6 nitrogen and oxygen atoms in total. The average molecular weight is 346 g/mol. The summed E-state index contributed by atoms with van der Waals surface area (Å²) in [5.41, 5.74) is 0.213. The molecule has 0 radical (unpaired) electrons. The first kappa shape index (κ1) is 15.2. The van der Waals surface area contributed by atoms with E-state index in [0.29, 0.717) is 11.0 Å². The Morgan fingerprint density at radius 1 is 1.29 bits per heavy atom. The van der Waals surface area contributed by atoms with Gasteiger partial charge in [0.1, 0.15) is 10.8 Å². The Morgan fingerprint density at radius 3 is 2.83 bits per heavy atom. The summed E-state index contributed by atoms with van der Waals surface area (Å²) < 4.78 is 13.9. The molecule has 4 rings (SSSR count). The summed E-state index contributed by atoms with van der Waals surface area (Å²) in [6, 6.07) is 6.08. The van der Waals surface area contributed by atoms with E-state index in [9.17, 15) is 14.0 Å². The largest absolute Gasteiger partial charge is 0.309 e. The molecule has 1 atom stereocenters. The van der Waals surface area contributed by atoms with E-state index < -0.39 is 11.7 Å². The second-order valence-corrected chi connectivity index (χ2v) is 7.07. The van der Waals surface area contributed by atoms with E-state index >= 15 is 0 Å². The molecule has 0 spiro atoms. The van der Waals surface area contributed by atoms with Crippen LogP contribution in [0.3, 0.4) is 0 Å². The fourth-order valence-electron chi connectivity index (χ4n) is 2.77. The number of nitrogens with one attached hydrogen (secondary N) is 1. The van der Waals surface area contributed by atoms with Crippen molar-refractivity contribution in [3.63, 3.8) is 0 Å². The molecule has 1 aromatic heterocycles. The highest BCUT2D eigenvalue weighted by Gasteiger charge is 2.36. The minimum Gasteiger partial charge on any atom is -0.309 e. The second-order valence-electron chi connectivity index (χ2n) is 6.07. The van der Waals surface area contributed by atoms with E-state index in [2.05, 4.69) is 15.5 Å². The van der Waals surface area contributed by atoms with Gasteiger partial charge in [-0.05, 0) is 25.0 Å². The van der Waals surface area contributed by atoms with Crippen LogP contribution in [0.4, 0.5) is 15.2 Å². The predicted molar refractivity (Wildman–Crippen MR) is 87.4 cm³/mol. The lowest BCUT2D eigenvalue weighted by molar-refractivity contribution is -0.122. The molecular weight excluding hydrogens is 331 g/mol. The van der Waals surface area contributed by atoms with Crippen LogP contribution in [-0.4, -0.2) is 28.6 Å². The molecule has 2 heterocycles. The van der Waals surface area contributed by atoms with Crippen molar-refractivity contribution in [1.82, 2.24) is 10.2 Å². The van der Waals surface area contributed by atoms with Crippen molar-refractivity contribution in [1.29, 1.82) is 0 Å². The number of carbonyl (C=O) groups excluding carboxylic acids is 2. The number of aromatic nitrogens is 2. The molecular formula is C16H15FN4O2S. The highest BCUT2D eigenvalue weighted by Crippen LogP contribution is 2.42. The molecule has 124 valence electrons.